The summed E-state index contributed by atoms with van der Waals surface area (Å²) in [6.07, 6.45) is 0.851. The number of amides is 1. The number of ether oxygens (including phenoxy) is 1. The molecule has 1 unspecified atom stereocenters. The first kappa shape index (κ1) is 14.6. The summed E-state index contributed by atoms with van der Waals surface area (Å²) in [6.45, 7) is 6.68. The van der Waals surface area contributed by atoms with E-state index in [0.29, 0.717) is 12.2 Å². The maximum atomic E-state index is 12.3. The molecule has 108 valence electrons. The van der Waals surface area contributed by atoms with Gasteiger partial charge in [0.15, 0.2) is 0 Å². The van der Waals surface area contributed by atoms with Gasteiger partial charge in [0, 0.05) is 29.3 Å². The lowest BCUT2D eigenvalue weighted by molar-refractivity contribution is 0.0895. The van der Waals surface area contributed by atoms with Crippen LogP contribution >= 0.6 is 0 Å². The number of benzene rings is 1. The average Bonchev–Trinajstić information content (AvgIpc) is 2.73. The lowest BCUT2D eigenvalue weighted by atomic mass is 10.1. The second-order valence-corrected chi connectivity index (χ2v) is 5.17. The van der Waals surface area contributed by atoms with Crippen molar-refractivity contribution in [3.63, 3.8) is 0 Å². The Hall–Kier alpha value is -1.81. The third kappa shape index (κ3) is 2.85. The highest BCUT2D eigenvalue weighted by molar-refractivity contribution is 5.99. The number of hydrogen-bond acceptors (Lipinski definition) is 2. The lowest BCUT2D eigenvalue weighted by Crippen LogP contribution is -2.37. The van der Waals surface area contributed by atoms with Crippen LogP contribution in [-0.4, -0.2) is 30.6 Å². The number of aromatic nitrogens is 1. The van der Waals surface area contributed by atoms with E-state index in [9.17, 15) is 4.79 Å². The van der Waals surface area contributed by atoms with Crippen molar-refractivity contribution in [3.05, 3.63) is 35.0 Å². The molecule has 1 aromatic carbocycles. The second kappa shape index (κ2) is 6.09. The Labute approximate surface area is 119 Å². The number of aromatic amines is 1. The second-order valence-electron chi connectivity index (χ2n) is 5.17. The van der Waals surface area contributed by atoms with Crippen LogP contribution in [0.15, 0.2) is 18.2 Å². The van der Waals surface area contributed by atoms with Gasteiger partial charge in [-0.2, -0.15) is 0 Å². The zero-order chi connectivity index (χ0) is 14.7. The Morgan fingerprint density at radius 3 is 2.80 bits per heavy atom. The van der Waals surface area contributed by atoms with Crippen LogP contribution < -0.4 is 5.32 Å². The van der Waals surface area contributed by atoms with E-state index in [2.05, 4.69) is 17.2 Å². The van der Waals surface area contributed by atoms with Gasteiger partial charge in [0.1, 0.15) is 0 Å². The fourth-order valence-corrected chi connectivity index (χ4v) is 2.33. The van der Waals surface area contributed by atoms with Crippen LogP contribution in [-0.2, 0) is 4.74 Å². The molecule has 20 heavy (non-hydrogen) atoms. The van der Waals surface area contributed by atoms with E-state index in [-0.39, 0.29) is 11.9 Å². The highest BCUT2D eigenvalue weighted by Crippen LogP contribution is 2.22. The van der Waals surface area contributed by atoms with Crippen LogP contribution in [0.4, 0.5) is 0 Å². The largest absolute Gasteiger partial charge is 0.383 e. The van der Waals surface area contributed by atoms with Gasteiger partial charge >= 0.3 is 0 Å². The molecule has 0 saturated heterocycles. The molecule has 0 radical (unpaired) electrons. The fraction of sp³-hybridized carbons (Fsp3) is 0.438. The third-order valence-electron chi connectivity index (χ3n) is 3.77. The molecule has 0 aliphatic rings. The molecule has 4 nitrogen and oxygen atoms in total. The van der Waals surface area contributed by atoms with Crippen molar-refractivity contribution >= 4 is 16.8 Å². The van der Waals surface area contributed by atoms with Gasteiger partial charge in [0.25, 0.3) is 5.91 Å². The molecule has 2 rings (SSSR count). The SMILES string of the molecule is CCC(COC)NC(=O)c1ccc2[nH]c(C)c(C)c2c1. The Morgan fingerprint density at radius 1 is 1.40 bits per heavy atom. The molecule has 4 heteroatoms. The van der Waals surface area contributed by atoms with E-state index in [4.69, 9.17) is 4.74 Å². The lowest BCUT2D eigenvalue weighted by Gasteiger charge is -2.15. The monoisotopic (exact) mass is 274 g/mol. The van der Waals surface area contributed by atoms with Gasteiger partial charge < -0.3 is 15.0 Å². The molecule has 0 spiro atoms. The van der Waals surface area contributed by atoms with Crippen LogP contribution in [0.2, 0.25) is 0 Å². The average molecular weight is 274 g/mol. The molecule has 1 heterocycles. The molecular weight excluding hydrogens is 252 g/mol. The van der Waals surface area contributed by atoms with E-state index in [1.54, 1.807) is 7.11 Å². The number of hydrogen-bond donors (Lipinski definition) is 2. The standard InChI is InChI=1S/C16H22N2O2/c1-5-13(9-20-4)18-16(19)12-6-7-15-14(8-12)10(2)11(3)17-15/h6-8,13,17H,5,9H2,1-4H3,(H,18,19). The van der Waals surface area contributed by atoms with Crippen molar-refractivity contribution in [2.45, 2.75) is 33.2 Å². The van der Waals surface area contributed by atoms with Gasteiger partial charge in [0.2, 0.25) is 0 Å². The van der Waals surface area contributed by atoms with Gasteiger partial charge in [0.05, 0.1) is 12.6 Å². The van der Waals surface area contributed by atoms with E-state index in [0.717, 1.165) is 23.0 Å². The fourth-order valence-electron chi connectivity index (χ4n) is 2.33. The molecule has 2 aromatic rings. The topological polar surface area (TPSA) is 54.1 Å². The Kier molecular flexibility index (Phi) is 4.45. The Bertz CT molecular complexity index is 616. The molecule has 0 fully saturated rings. The Balaban J connectivity index is 2.24. The first-order valence-electron chi connectivity index (χ1n) is 6.95. The van der Waals surface area contributed by atoms with Crippen LogP contribution in [0.5, 0.6) is 0 Å². The highest BCUT2D eigenvalue weighted by Gasteiger charge is 2.13. The number of methoxy groups -OCH3 is 1. The zero-order valence-electron chi connectivity index (χ0n) is 12.5. The number of carbonyl (C=O) groups is 1. The number of H-pyrrole nitrogens is 1. The predicted octanol–water partition coefficient (Wildman–Crippen LogP) is 2.94. The van der Waals surface area contributed by atoms with Gasteiger partial charge in [-0.1, -0.05) is 6.92 Å². The number of carbonyl (C=O) groups excluding carboxylic acids is 1. The summed E-state index contributed by atoms with van der Waals surface area (Å²) >= 11 is 0. The van der Waals surface area contributed by atoms with Crippen LogP contribution in [0.25, 0.3) is 10.9 Å². The van der Waals surface area contributed by atoms with Crippen molar-refractivity contribution in [1.29, 1.82) is 0 Å². The van der Waals surface area contributed by atoms with Crippen LogP contribution in [0.3, 0.4) is 0 Å². The summed E-state index contributed by atoms with van der Waals surface area (Å²) in [5.41, 5.74) is 4.09. The van der Waals surface area contributed by atoms with E-state index in [1.807, 2.05) is 32.0 Å². The number of aryl methyl sites for hydroxylation is 2. The molecule has 0 aliphatic carbocycles. The van der Waals surface area contributed by atoms with E-state index in [1.165, 1.54) is 5.56 Å². The summed E-state index contributed by atoms with van der Waals surface area (Å²) in [5.74, 6) is -0.0472. The van der Waals surface area contributed by atoms with Crippen molar-refractivity contribution < 1.29 is 9.53 Å². The maximum Gasteiger partial charge on any atom is 0.251 e. The quantitative estimate of drug-likeness (QED) is 0.880. The van der Waals surface area contributed by atoms with Crippen LogP contribution in [0.1, 0.15) is 35.0 Å². The van der Waals surface area contributed by atoms with Gasteiger partial charge in [-0.05, 0) is 44.0 Å². The first-order valence-corrected chi connectivity index (χ1v) is 6.95. The smallest absolute Gasteiger partial charge is 0.251 e. The first-order chi connectivity index (χ1) is 9.56. The minimum atomic E-state index is -0.0472. The van der Waals surface area contributed by atoms with E-state index < -0.39 is 0 Å². The summed E-state index contributed by atoms with van der Waals surface area (Å²) in [7, 11) is 1.65. The van der Waals surface area contributed by atoms with Gasteiger partial charge in [-0.15, -0.1) is 0 Å². The number of fused-ring (bicyclic) bond motifs is 1. The van der Waals surface area contributed by atoms with E-state index >= 15 is 0 Å². The van der Waals surface area contributed by atoms with Crippen molar-refractivity contribution in [2.24, 2.45) is 0 Å². The molecule has 1 atom stereocenters. The normalized spacial score (nSPS) is 12.6. The predicted molar refractivity (Wildman–Crippen MR) is 81.2 cm³/mol. The molecular formula is C16H22N2O2. The van der Waals surface area contributed by atoms with Crippen molar-refractivity contribution in [1.82, 2.24) is 10.3 Å². The molecule has 1 aromatic heterocycles. The highest BCUT2D eigenvalue weighted by atomic mass is 16.5. The summed E-state index contributed by atoms with van der Waals surface area (Å²) in [4.78, 5) is 15.6. The van der Waals surface area contributed by atoms with Gasteiger partial charge in [-0.3, -0.25) is 4.79 Å². The molecule has 0 bridgehead atoms. The van der Waals surface area contributed by atoms with Gasteiger partial charge in [-0.25, -0.2) is 0 Å². The van der Waals surface area contributed by atoms with Crippen LogP contribution in [0, 0.1) is 13.8 Å². The molecule has 2 N–H and O–H groups in total. The summed E-state index contributed by atoms with van der Waals surface area (Å²) in [5, 5.41) is 4.11. The van der Waals surface area contributed by atoms with Crippen molar-refractivity contribution in [3.8, 4) is 0 Å². The summed E-state index contributed by atoms with van der Waals surface area (Å²) < 4.78 is 5.10. The third-order valence-corrected chi connectivity index (χ3v) is 3.77. The molecule has 0 aliphatic heterocycles. The number of nitrogens with one attached hydrogen (secondary N) is 2. The molecule has 0 saturated carbocycles. The maximum absolute atomic E-state index is 12.3. The summed E-state index contributed by atoms with van der Waals surface area (Å²) in [6, 6.07) is 5.81. The number of rotatable bonds is 5. The van der Waals surface area contributed by atoms with Crippen molar-refractivity contribution in [2.75, 3.05) is 13.7 Å². The minimum absolute atomic E-state index is 0.0472. The minimum Gasteiger partial charge on any atom is -0.383 e. The molecule has 1 amide bonds. The Morgan fingerprint density at radius 2 is 2.15 bits per heavy atom. The zero-order valence-corrected chi connectivity index (χ0v) is 12.5.